The van der Waals surface area contributed by atoms with Crippen molar-refractivity contribution >= 4 is 15.9 Å². The summed E-state index contributed by atoms with van der Waals surface area (Å²) in [6, 6.07) is 7.87. The fourth-order valence-electron chi connectivity index (χ4n) is 1.85. The highest BCUT2D eigenvalue weighted by Crippen LogP contribution is 2.20. The second-order valence-corrected chi connectivity index (χ2v) is 5.42. The van der Waals surface area contributed by atoms with Crippen molar-refractivity contribution in [1.29, 1.82) is 0 Å². The molecule has 0 radical (unpaired) electrons. The minimum atomic E-state index is -0.152. The molecule has 0 spiro atoms. The van der Waals surface area contributed by atoms with E-state index in [-0.39, 0.29) is 6.04 Å². The molecule has 2 N–H and O–H groups in total. The Morgan fingerprint density at radius 2 is 2.16 bits per heavy atom. The first-order valence-corrected chi connectivity index (χ1v) is 7.31. The summed E-state index contributed by atoms with van der Waals surface area (Å²) in [5.74, 6) is 1.21. The number of hydrogen-bond acceptors (Lipinski definition) is 4. The van der Waals surface area contributed by atoms with Gasteiger partial charge in [0.2, 0.25) is 5.89 Å². The molecule has 102 valence electrons. The fraction of sp³-hybridized carbons (Fsp3) is 0.429. The van der Waals surface area contributed by atoms with Gasteiger partial charge in [0.25, 0.3) is 0 Å². The molecule has 1 aromatic heterocycles. The maximum atomic E-state index is 6.01. The van der Waals surface area contributed by atoms with E-state index < -0.39 is 0 Å². The van der Waals surface area contributed by atoms with Gasteiger partial charge in [-0.1, -0.05) is 59.1 Å². The Balaban J connectivity index is 2.03. The first kappa shape index (κ1) is 14.2. The van der Waals surface area contributed by atoms with Crippen LogP contribution < -0.4 is 5.73 Å². The van der Waals surface area contributed by atoms with Gasteiger partial charge < -0.3 is 10.3 Å². The van der Waals surface area contributed by atoms with Gasteiger partial charge in [-0.05, 0) is 18.1 Å². The topological polar surface area (TPSA) is 64.9 Å². The van der Waals surface area contributed by atoms with Gasteiger partial charge in [-0.3, -0.25) is 0 Å². The van der Waals surface area contributed by atoms with Gasteiger partial charge in [0.05, 0.1) is 6.04 Å². The Labute approximate surface area is 121 Å². The Kier molecular flexibility index (Phi) is 5.10. The van der Waals surface area contributed by atoms with Gasteiger partial charge in [0, 0.05) is 10.9 Å². The molecular formula is C14H18BrN3O. The van der Waals surface area contributed by atoms with Crippen LogP contribution in [0.25, 0.3) is 0 Å². The molecule has 1 aromatic carbocycles. The normalized spacial score (nSPS) is 12.6. The van der Waals surface area contributed by atoms with Crippen LogP contribution in [0.3, 0.4) is 0 Å². The molecule has 2 aromatic rings. The standard InChI is InChI=1S/C14H18BrN3O/c1-2-3-8-12(16)14-17-13(18-19-14)9-10-6-4-5-7-11(10)15/h4-7,12H,2-3,8-9,16H2,1H3/t12-/m0/s1. The van der Waals surface area contributed by atoms with E-state index in [9.17, 15) is 0 Å². The summed E-state index contributed by atoms with van der Waals surface area (Å²) in [5.41, 5.74) is 7.15. The summed E-state index contributed by atoms with van der Waals surface area (Å²) >= 11 is 3.51. The zero-order chi connectivity index (χ0) is 13.7. The number of aromatic nitrogens is 2. The number of nitrogens with zero attached hydrogens (tertiary/aromatic N) is 2. The van der Waals surface area contributed by atoms with Crippen LogP contribution in [0.1, 0.15) is 49.5 Å². The lowest BCUT2D eigenvalue weighted by Crippen LogP contribution is -2.10. The van der Waals surface area contributed by atoms with E-state index in [1.807, 2.05) is 24.3 Å². The van der Waals surface area contributed by atoms with Crippen LogP contribution in [0.5, 0.6) is 0 Å². The van der Waals surface area contributed by atoms with Crippen molar-refractivity contribution in [2.24, 2.45) is 5.73 Å². The van der Waals surface area contributed by atoms with E-state index >= 15 is 0 Å². The zero-order valence-corrected chi connectivity index (χ0v) is 12.6. The second-order valence-electron chi connectivity index (χ2n) is 4.57. The first-order chi connectivity index (χ1) is 9.20. The Hall–Kier alpha value is -1.20. The third-order valence-corrected chi connectivity index (χ3v) is 3.75. The summed E-state index contributed by atoms with van der Waals surface area (Å²) in [6.45, 7) is 2.14. The number of benzene rings is 1. The van der Waals surface area contributed by atoms with Gasteiger partial charge in [0.1, 0.15) is 0 Å². The number of nitrogens with two attached hydrogens (primary N) is 1. The molecule has 19 heavy (non-hydrogen) atoms. The second kappa shape index (κ2) is 6.82. The highest BCUT2D eigenvalue weighted by molar-refractivity contribution is 9.10. The average molecular weight is 324 g/mol. The lowest BCUT2D eigenvalue weighted by atomic mass is 10.1. The van der Waals surface area contributed by atoms with Crippen molar-refractivity contribution in [1.82, 2.24) is 10.1 Å². The van der Waals surface area contributed by atoms with Crippen LogP contribution in [-0.2, 0) is 6.42 Å². The largest absolute Gasteiger partial charge is 0.338 e. The van der Waals surface area contributed by atoms with Crippen LogP contribution in [0.15, 0.2) is 33.3 Å². The molecule has 0 aliphatic heterocycles. The monoisotopic (exact) mass is 323 g/mol. The molecule has 0 saturated heterocycles. The van der Waals surface area contributed by atoms with Crippen molar-refractivity contribution in [3.8, 4) is 0 Å². The summed E-state index contributed by atoms with van der Waals surface area (Å²) in [7, 11) is 0. The summed E-state index contributed by atoms with van der Waals surface area (Å²) in [6.07, 6.45) is 3.72. The highest BCUT2D eigenvalue weighted by atomic mass is 79.9. The predicted molar refractivity (Wildman–Crippen MR) is 77.7 cm³/mol. The first-order valence-electron chi connectivity index (χ1n) is 6.52. The van der Waals surface area contributed by atoms with Crippen LogP contribution in [0, 0.1) is 0 Å². The van der Waals surface area contributed by atoms with E-state index in [0.29, 0.717) is 18.1 Å². The smallest absolute Gasteiger partial charge is 0.243 e. The van der Waals surface area contributed by atoms with E-state index in [0.717, 1.165) is 29.3 Å². The molecule has 0 unspecified atom stereocenters. The molecule has 0 fully saturated rings. The number of halogens is 1. The quantitative estimate of drug-likeness (QED) is 0.881. The maximum absolute atomic E-state index is 6.01. The Morgan fingerprint density at radius 3 is 2.89 bits per heavy atom. The van der Waals surface area contributed by atoms with Crippen molar-refractivity contribution in [2.75, 3.05) is 0 Å². The lowest BCUT2D eigenvalue weighted by Gasteiger charge is -2.03. The van der Waals surface area contributed by atoms with Crippen LogP contribution in [0.2, 0.25) is 0 Å². The minimum absolute atomic E-state index is 0.152. The summed E-state index contributed by atoms with van der Waals surface area (Å²) in [5, 5.41) is 3.99. The summed E-state index contributed by atoms with van der Waals surface area (Å²) in [4.78, 5) is 4.38. The highest BCUT2D eigenvalue weighted by Gasteiger charge is 2.14. The molecule has 4 nitrogen and oxygen atoms in total. The number of hydrogen-bond donors (Lipinski definition) is 1. The van der Waals surface area contributed by atoms with Gasteiger partial charge in [-0.2, -0.15) is 4.98 Å². The number of rotatable bonds is 6. The van der Waals surface area contributed by atoms with Crippen molar-refractivity contribution in [2.45, 2.75) is 38.6 Å². The lowest BCUT2D eigenvalue weighted by molar-refractivity contribution is 0.343. The van der Waals surface area contributed by atoms with E-state index in [4.69, 9.17) is 10.3 Å². The molecule has 1 heterocycles. The molecule has 5 heteroatoms. The Morgan fingerprint density at radius 1 is 1.37 bits per heavy atom. The van der Waals surface area contributed by atoms with Crippen LogP contribution >= 0.6 is 15.9 Å². The average Bonchev–Trinajstić information content (AvgIpc) is 2.87. The third-order valence-electron chi connectivity index (χ3n) is 2.98. The fourth-order valence-corrected chi connectivity index (χ4v) is 2.27. The minimum Gasteiger partial charge on any atom is -0.338 e. The van der Waals surface area contributed by atoms with Crippen molar-refractivity contribution < 1.29 is 4.52 Å². The molecule has 0 amide bonds. The zero-order valence-electron chi connectivity index (χ0n) is 11.0. The van der Waals surface area contributed by atoms with Gasteiger partial charge in [-0.25, -0.2) is 0 Å². The van der Waals surface area contributed by atoms with Gasteiger partial charge in [-0.15, -0.1) is 0 Å². The SMILES string of the molecule is CCCC[C@H](N)c1nc(Cc2ccccc2Br)no1. The van der Waals surface area contributed by atoms with E-state index in [1.165, 1.54) is 0 Å². The molecule has 1 atom stereocenters. The van der Waals surface area contributed by atoms with Gasteiger partial charge in [0.15, 0.2) is 5.82 Å². The van der Waals surface area contributed by atoms with E-state index in [1.54, 1.807) is 0 Å². The molecular weight excluding hydrogens is 306 g/mol. The Bertz CT molecular complexity index is 527. The third kappa shape index (κ3) is 3.88. The molecule has 0 aliphatic rings. The molecule has 2 rings (SSSR count). The van der Waals surface area contributed by atoms with E-state index in [2.05, 4.69) is 33.0 Å². The molecule has 0 saturated carbocycles. The number of unbranched alkanes of at least 4 members (excludes halogenated alkanes) is 1. The molecule has 0 aliphatic carbocycles. The van der Waals surface area contributed by atoms with Crippen molar-refractivity contribution in [3.63, 3.8) is 0 Å². The predicted octanol–water partition coefficient (Wildman–Crippen LogP) is 3.61. The van der Waals surface area contributed by atoms with Crippen LogP contribution in [-0.4, -0.2) is 10.1 Å². The molecule has 0 bridgehead atoms. The summed E-state index contributed by atoms with van der Waals surface area (Å²) < 4.78 is 6.29. The van der Waals surface area contributed by atoms with Crippen LogP contribution in [0.4, 0.5) is 0 Å². The van der Waals surface area contributed by atoms with Gasteiger partial charge >= 0.3 is 0 Å². The van der Waals surface area contributed by atoms with Crippen molar-refractivity contribution in [3.05, 3.63) is 46.0 Å². The maximum Gasteiger partial charge on any atom is 0.243 e.